The second-order valence-electron chi connectivity index (χ2n) is 5.43. The number of phenols is 1. The van der Waals surface area contributed by atoms with E-state index in [9.17, 15) is 15.0 Å². The van der Waals surface area contributed by atoms with Gasteiger partial charge in [0.25, 0.3) is 0 Å². The summed E-state index contributed by atoms with van der Waals surface area (Å²) in [7, 11) is 1.51. The third-order valence-corrected chi connectivity index (χ3v) is 3.66. The number of carbonyl (C=O) groups is 1. The van der Waals surface area contributed by atoms with E-state index < -0.39 is 5.97 Å². The van der Waals surface area contributed by atoms with Gasteiger partial charge in [-0.05, 0) is 24.3 Å². The molecule has 0 saturated carbocycles. The van der Waals surface area contributed by atoms with Crippen LogP contribution in [0.5, 0.6) is 11.5 Å². The van der Waals surface area contributed by atoms with Gasteiger partial charge in [-0.1, -0.05) is 24.3 Å². The number of nitrogens with zero attached hydrogens (tertiary/aromatic N) is 2. The van der Waals surface area contributed by atoms with E-state index in [0.717, 1.165) is 0 Å². The Bertz CT molecular complexity index is 993. The van der Waals surface area contributed by atoms with E-state index in [4.69, 9.17) is 10.5 Å². The van der Waals surface area contributed by atoms with Crippen LogP contribution in [0.25, 0.3) is 0 Å². The minimum Gasteiger partial charge on any atom is -0.506 e. The average molecular weight is 367 g/mol. The van der Waals surface area contributed by atoms with Crippen molar-refractivity contribution in [1.29, 1.82) is 0 Å². The molecule has 6 N–H and O–H groups in total. The summed E-state index contributed by atoms with van der Waals surface area (Å²) in [5.41, 5.74) is 6.30. The van der Waals surface area contributed by atoms with Gasteiger partial charge >= 0.3 is 5.97 Å². The third kappa shape index (κ3) is 3.82. The van der Waals surface area contributed by atoms with Gasteiger partial charge < -0.3 is 31.3 Å². The normalized spacial score (nSPS) is 10.3. The van der Waals surface area contributed by atoms with Crippen molar-refractivity contribution in [3.05, 3.63) is 54.2 Å². The Hall–Kier alpha value is -4.01. The molecule has 0 radical (unpaired) electrons. The number of methoxy groups -OCH3 is 1. The molecule has 27 heavy (non-hydrogen) atoms. The lowest BCUT2D eigenvalue weighted by atomic mass is 10.2. The van der Waals surface area contributed by atoms with Gasteiger partial charge in [0.15, 0.2) is 11.5 Å². The zero-order chi connectivity index (χ0) is 19.4. The molecular weight excluding hydrogens is 350 g/mol. The number of aromatic hydroxyl groups is 1. The molecule has 0 spiro atoms. The Morgan fingerprint density at radius 1 is 1.04 bits per heavy atom. The maximum absolute atomic E-state index is 11.5. The second-order valence-corrected chi connectivity index (χ2v) is 5.43. The zero-order valence-corrected chi connectivity index (χ0v) is 14.3. The predicted octanol–water partition coefficient (Wildman–Crippen LogP) is 2.96. The van der Waals surface area contributed by atoms with Crippen LogP contribution < -0.4 is 21.1 Å². The molecule has 2 aromatic carbocycles. The van der Waals surface area contributed by atoms with Crippen molar-refractivity contribution in [1.82, 2.24) is 9.97 Å². The highest BCUT2D eigenvalue weighted by Crippen LogP contribution is 2.32. The molecule has 0 amide bonds. The van der Waals surface area contributed by atoms with Gasteiger partial charge in [0.2, 0.25) is 5.95 Å². The lowest BCUT2D eigenvalue weighted by Crippen LogP contribution is -2.13. The minimum absolute atomic E-state index is 0.0333. The quantitative estimate of drug-likeness (QED) is 0.415. The van der Waals surface area contributed by atoms with Crippen molar-refractivity contribution < 1.29 is 19.7 Å². The summed E-state index contributed by atoms with van der Waals surface area (Å²) in [5, 5.41) is 25.0. The number of aromatic nitrogens is 2. The lowest BCUT2D eigenvalue weighted by molar-refractivity contribution is 0.0692. The summed E-state index contributed by atoms with van der Waals surface area (Å²) in [6.45, 7) is 0. The fourth-order valence-corrected chi connectivity index (χ4v) is 2.36. The second kappa shape index (κ2) is 7.48. The molecule has 0 bridgehead atoms. The van der Waals surface area contributed by atoms with Crippen LogP contribution in [0.2, 0.25) is 0 Å². The Morgan fingerprint density at radius 3 is 2.37 bits per heavy atom. The Labute approximate surface area is 154 Å². The number of benzene rings is 2. The number of hydrogen-bond donors (Lipinski definition) is 5. The molecule has 0 unspecified atom stereocenters. The minimum atomic E-state index is -1.31. The van der Waals surface area contributed by atoms with E-state index in [1.807, 2.05) is 0 Å². The maximum Gasteiger partial charge on any atom is 0.356 e. The number of para-hydroxylation sites is 4. The van der Waals surface area contributed by atoms with Gasteiger partial charge in [-0.3, -0.25) is 0 Å². The number of rotatable bonds is 6. The van der Waals surface area contributed by atoms with Crippen molar-refractivity contribution in [2.75, 3.05) is 23.5 Å². The zero-order valence-electron chi connectivity index (χ0n) is 14.3. The van der Waals surface area contributed by atoms with Crippen molar-refractivity contribution in [2.45, 2.75) is 0 Å². The third-order valence-electron chi connectivity index (χ3n) is 3.66. The molecule has 9 heteroatoms. The number of anilines is 5. The number of nitrogens with two attached hydrogens (primary N) is 1. The first-order chi connectivity index (χ1) is 13.0. The highest BCUT2D eigenvalue weighted by atomic mass is 16.5. The fourth-order valence-electron chi connectivity index (χ4n) is 2.36. The number of carboxylic acid groups (broad SMARTS) is 1. The van der Waals surface area contributed by atoms with E-state index >= 15 is 0 Å². The molecular formula is C18H17N5O4. The summed E-state index contributed by atoms with van der Waals surface area (Å²) in [6.07, 6.45) is 0. The van der Waals surface area contributed by atoms with Crippen LogP contribution in [0.3, 0.4) is 0 Å². The molecule has 138 valence electrons. The van der Waals surface area contributed by atoms with Gasteiger partial charge in [-0.15, -0.1) is 0 Å². The summed E-state index contributed by atoms with van der Waals surface area (Å²) < 4.78 is 5.27. The number of nitrogen functional groups attached to an aromatic ring is 1. The van der Waals surface area contributed by atoms with Crippen LogP contribution in [0.1, 0.15) is 10.5 Å². The topological polar surface area (TPSA) is 143 Å². The number of aromatic carboxylic acids is 1. The Kier molecular flexibility index (Phi) is 4.93. The summed E-state index contributed by atoms with van der Waals surface area (Å²) in [4.78, 5) is 19.7. The number of phenolic OH excluding ortho intramolecular Hbond substituents is 1. The summed E-state index contributed by atoms with van der Waals surface area (Å²) in [6, 6.07) is 13.5. The van der Waals surface area contributed by atoms with Crippen molar-refractivity contribution in [2.24, 2.45) is 0 Å². The van der Waals surface area contributed by atoms with Crippen molar-refractivity contribution in [3.63, 3.8) is 0 Å². The van der Waals surface area contributed by atoms with Gasteiger partial charge in [0, 0.05) is 0 Å². The molecule has 0 aliphatic rings. The van der Waals surface area contributed by atoms with Crippen LogP contribution in [0.15, 0.2) is 48.5 Å². The molecule has 0 atom stereocenters. The van der Waals surface area contributed by atoms with Crippen molar-refractivity contribution in [3.8, 4) is 11.5 Å². The number of carboxylic acids is 1. The van der Waals surface area contributed by atoms with Gasteiger partial charge in [-0.25, -0.2) is 9.78 Å². The highest BCUT2D eigenvalue weighted by molar-refractivity contribution is 5.95. The SMILES string of the molecule is COc1ccccc1Nc1nc(Nc2ccccc2O)nc(C(=O)O)c1N. The van der Waals surface area contributed by atoms with Crippen LogP contribution in [0.4, 0.5) is 28.8 Å². The largest absolute Gasteiger partial charge is 0.506 e. The maximum atomic E-state index is 11.5. The molecule has 1 heterocycles. The summed E-state index contributed by atoms with van der Waals surface area (Å²) in [5.74, 6) is -0.764. The molecule has 0 aliphatic heterocycles. The molecule has 0 aliphatic carbocycles. The van der Waals surface area contributed by atoms with Gasteiger partial charge in [0.1, 0.15) is 17.2 Å². The van der Waals surface area contributed by atoms with Gasteiger partial charge in [-0.2, -0.15) is 4.98 Å². The molecule has 3 aromatic rings. The lowest BCUT2D eigenvalue weighted by Gasteiger charge is -2.15. The first kappa shape index (κ1) is 17.8. The Morgan fingerprint density at radius 2 is 1.70 bits per heavy atom. The smallest absolute Gasteiger partial charge is 0.356 e. The first-order valence-corrected chi connectivity index (χ1v) is 7.85. The van der Waals surface area contributed by atoms with Gasteiger partial charge in [0.05, 0.1) is 18.5 Å². The van der Waals surface area contributed by atoms with Crippen LogP contribution >= 0.6 is 0 Å². The number of hydrogen-bond acceptors (Lipinski definition) is 8. The fraction of sp³-hybridized carbons (Fsp3) is 0.0556. The van der Waals surface area contributed by atoms with Crippen LogP contribution in [-0.4, -0.2) is 33.3 Å². The molecule has 0 fully saturated rings. The van der Waals surface area contributed by atoms with Crippen LogP contribution in [0, 0.1) is 0 Å². The monoisotopic (exact) mass is 367 g/mol. The molecule has 1 aromatic heterocycles. The highest BCUT2D eigenvalue weighted by Gasteiger charge is 2.19. The number of nitrogens with one attached hydrogen (secondary N) is 2. The molecule has 3 rings (SSSR count). The Balaban J connectivity index is 2.04. The average Bonchev–Trinajstić information content (AvgIpc) is 2.66. The molecule has 9 nitrogen and oxygen atoms in total. The molecule has 0 saturated heterocycles. The predicted molar refractivity (Wildman–Crippen MR) is 101 cm³/mol. The first-order valence-electron chi connectivity index (χ1n) is 7.85. The van der Waals surface area contributed by atoms with E-state index in [0.29, 0.717) is 17.1 Å². The van der Waals surface area contributed by atoms with E-state index in [2.05, 4.69) is 20.6 Å². The standard InChI is InChI=1S/C18H17N5O4/c1-27-13-9-5-3-7-11(13)20-16-14(19)15(17(25)26)22-18(23-16)21-10-6-2-4-8-12(10)24/h2-9,24H,19H2,1H3,(H,25,26)(H2,20,21,22,23). The van der Waals surface area contributed by atoms with E-state index in [-0.39, 0.29) is 28.9 Å². The number of ether oxygens (including phenoxy) is 1. The van der Waals surface area contributed by atoms with E-state index in [1.165, 1.54) is 13.2 Å². The summed E-state index contributed by atoms with van der Waals surface area (Å²) >= 11 is 0. The van der Waals surface area contributed by atoms with Crippen molar-refractivity contribution >= 4 is 34.8 Å². The van der Waals surface area contributed by atoms with Crippen LogP contribution in [-0.2, 0) is 0 Å². The van der Waals surface area contributed by atoms with E-state index in [1.54, 1.807) is 42.5 Å².